The second-order valence-corrected chi connectivity index (χ2v) is 4.69. The first kappa shape index (κ1) is 11.9. The molecule has 1 aromatic carbocycles. The Bertz CT molecular complexity index is 723. The molecule has 2 aromatic heterocycles. The molecule has 0 amide bonds. The van der Waals surface area contributed by atoms with Gasteiger partial charge in [0.25, 0.3) is 0 Å². The van der Waals surface area contributed by atoms with Crippen LogP contribution in [0.3, 0.4) is 0 Å². The second-order valence-electron chi connectivity index (χ2n) is 4.69. The zero-order valence-corrected chi connectivity index (χ0v) is 11.4. The van der Waals surface area contributed by atoms with E-state index >= 15 is 0 Å². The Balaban J connectivity index is 2.14. The number of rotatable bonds is 3. The first-order valence-corrected chi connectivity index (χ1v) is 6.31. The van der Waals surface area contributed by atoms with Gasteiger partial charge in [-0.1, -0.05) is 6.07 Å². The van der Waals surface area contributed by atoms with Gasteiger partial charge in [0, 0.05) is 12.6 Å². The number of hydrogen-bond donors (Lipinski definition) is 2. The normalized spacial score (nSPS) is 11.3. The van der Waals surface area contributed by atoms with E-state index in [2.05, 4.69) is 44.0 Å². The first-order chi connectivity index (χ1) is 9.20. The van der Waals surface area contributed by atoms with Crippen LogP contribution in [0.15, 0.2) is 24.5 Å². The summed E-state index contributed by atoms with van der Waals surface area (Å²) >= 11 is 0. The molecule has 0 unspecified atom stereocenters. The molecule has 0 aliphatic carbocycles. The van der Waals surface area contributed by atoms with Gasteiger partial charge in [-0.3, -0.25) is 0 Å². The van der Waals surface area contributed by atoms with Gasteiger partial charge in [-0.2, -0.15) is 0 Å². The first-order valence-electron chi connectivity index (χ1n) is 6.31. The summed E-state index contributed by atoms with van der Waals surface area (Å²) in [5.74, 6) is 1.04. The monoisotopic (exact) mass is 255 g/mol. The molecule has 0 saturated carbocycles. The fourth-order valence-electron chi connectivity index (χ4n) is 2.49. The standard InChI is InChI=1S/C14H17N5/c1-9-14(19(3)13(18-9)7-15-2)10-4-5-11-12(6-10)17-8-16-11/h4-6,8,15H,7H2,1-3H3,(H,16,17). The maximum absolute atomic E-state index is 4.62. The average molecular weight is 255 g/mol. The summed E-state index contributed by atoms with van der Waals surface area (Å²) in [4.78, 5) is 12.0. The highest BCUT2D eigenvalue weighted by atomic mass is 15.1. The third-order valence-electron chi connectivity index (χ3n) is 3.39. The van der Waals surface area contributed by atoms with Crippen LogP contribution < -0.4 is 5.32 Å². The van der Waals surface area contributed by atoms with E-state index in [0.29, 0.717) is 0 Å². The Labute approximate surface area is 111 Å². The van der Waals surface area contributed by atoms with Crippen molar-refractivity contribution in [2.75, 3.05) is 7.05 Å². The van der Waals surface area contributed by atoms with Gasteiger partial charge in [0.1, 0.15) is 5.82 Å². The summed E-state index contributed by atoms with van der Waals surface area (Å²) in [5, 5.41) is 3.14. The number of fused-ring (bicyclic) bond motifs is 1. The average Bonchev–Trinajstić information content (AvgIpc) is 2.95. The van der Waals surface area contributed by atoms with Crippen LogP contribution in [0.4, 0.5) is 0 Å². The van der Waals surface area contributed by atoms with Crippen molar-refractivity contribution < 1.29 is 0 Å². The van der Waals surface area contributed by atoms with Crippen LogP contribution in [0.2, 0.25) is 0 Å². The van der Waals surface area contributed by atoms with Crippen molar-refractivity contribution in [3.8, 4) is 11.3 Å². The second kappa shape index (κ2) is 4.51. The summed E-state index contributed by atoms with van der Waals surface area (Å²) in [5.41, 5.74) is 5.40. The molecule has 0 bridgehead atoms. The fourth-order valence-corrected chi connectivity index (χ4v) is 2.49. The predicted molar refractivity (Wildman–Crippen MR) is 75.8 cm³/mol. The molecule has 0 atom stereocenters. The Kier molecular flexibility index (Phi) is 2.83. The molecule has 2 N–H and O–H groups in total. The van der Waals surface area contributed by atoms with E-state index in [1.54, 1.807) is 6.33 Å². The molecule has 5 nitrogen and oxygen atoms in total. The van der Waals surface area contributed by atoms with Gasteiger partial charge in [0.2, 0.25) is 0 Å². The van der Waals surface area contributed by atoms with E-state index < -0.39 is 0 Å². The molecule has 19 heavy (non-hydrogen) atoms. The van der Waals surface area contributed by atoms with Crippen LogP contribution >= 0.6 is 0 Å². The molecular formula is C14H17N5. The van der Waals surface area contributed by atoms with E-state index in [0.717, 1.165) is 40.4 Å². The van der Waals surface area contributed by atoms with Gasteiger partial charge in [-0.25, -0.2) is 9.97 Å². The number of hydrogen-bond acceptors (Lipinski definition) is 3. The van der Waals surface area contributed by atoms with Crippen molar-refractivity contribution in [2.24, 2.45) is 7.05 Å². The quantitative estimate of drug-likeness (QED) is 0.752. The lowest BCUT2D eigenvalue weighted by atomic mass is 10.1. The maximum atomic E-state index is 4.62. The molecule has 3 aromatic rings. The van der Waals surface area contributed by atoms with Crippen LogP contribution in [0, 0.1) is 6.92 Å². The minimum Gasteiger partial charge on any atom is -0.345 e. The molecule has 2 heterocycles. The third-order valence-corrected chi connectivity index (χ3v) is 3.39. The Morgan fingerprint density at radius 1 is 1.37 bits per heavy atom. The van der Waals surface area contributed by atoms with E-state index in [9.17, 15) is 0 Å². The molecule has 0 aliphatic heterocycles. The van der Waals surface area contributed by atoms with Crippen LogP contribution in [-0.4, -0.2) is 26.6 Å². The van der Waals surface area contributed by atoms with Crippen molar-refractivity contribution in [3.05, 3.63) is 36.0 Å². The number of imidazole rings is 2. The number of nitrogens with one attached hydrogen (secondary N) is 2. The molecule has 0 aliphatic rings. The minimum absolute atomic E-state index is 0.768. The van der Waals surface area contributed by atoms with E-state index in [-0.39, 0.29) is 0 Å². The van der Waals surface area contributed by atoms with Crippen molar-refractivity contribution in [3.63, 3.8) is 0 Å². The van der Waals surface area contributed by atoms with Gasteiger partial charge in [-0.15, -0.1) is 0 Å². The van der Waals surface area contributed by atoms with Crippen molar-refractivity contribution in [2.45, 2.75) is 13.5 Å². The highest BCUT2D eigenvalue weighted by Crippen LogP contribution is 2.26. The predicted octanol–water partition coefficient (Wildman–Crippen LogP) is 1.99. The fraction of sp³-hybridized carbons (Fsp3) is 0.286. The van der Waals surface area contributed by atoms with Gasteiger partial charge >= 0.3 is 0 Å². The molecule has 0 radical (unpaired) electrons. The lowest BCUT2D eigenvalue weighted by Gasteiger charge is -2.06. The molecule has 0 fully saturated rings. The number of aryl methyl sites for hydroxylation is 1. The van der Waals surface area contributed by atoms with Gasteiger partial charge in [0.15, 0.2) is 0 Å². The molecular weight excluding hydrogens is 238 g/mol. The number of nitrogens with zero attached hydrogens (tertiary/aromatic N) is 3. The number of aromatic nitrogens is 4. The number of aromatic amines is 1. The zero-order valence-electron chi connectivity index (χ0n) is 11.4. The SMILES string of the molecule is CNCc1nc(C)c(-c2ccc3nc[nH]c3c2)n1C. The third kappa shape index (κ3) is 1.92. The largest absolute Gasteiger partial charge is 0.345 e. The minimum atomic E-state index is 0.768. The van der Waals surface area contributed by atoms with Gasteiger partial charge < -0.3 is 14.9 Å². The summed E-state index contributed by atoms with van der Waals surface area (Å²) in [6.07, 6.45) is 1.72. The van der Waals surface area contributed by atoms with Crippen LogP contribution in [0.1, 0.15) is 11.5 Å². The lowest BCUT2D eigenvalue weighted by molar-refractivity contribution is 0.712. The van der Waals surface area contributed by atoms with Crippen LogP contribution in [0.25, 0.3) is 22.3 Å². The molecule has 98 valence electrons. The molecule has 3 rings (SSSR count). The van der Waals surface area contributed by atoms with Gasteiger partial charge in [0.05, 0.1) is 35.3 Å². The van der Waals surface area contributed by atoms with E-state index in [1.807, 2.05) is 20.0 Å². The zero-order chi connectivity index (χ0) is 13.4. The Morgan fingerprint density at radius 3 is 3.00 bits per heavy atom. The van der Waals surface area contributed by atoms with Crippen molar-refractivity contribution in [1.29, 1.82) is 0 Å². The highest BCUT2D eigenvalue weighted by Gasteiger charge is 2.13. The summed E-state index contributed by atoms with van der Waals surface area (Å²) in [6, 6.07) is 6.25. The lowest BCUT2D eigenvalue weighted by Crippen LogP contribution is -2.10. The van der Waals surface area contributed by atoms with Crippen LogP contribution in [-0.2, 0) is 13.6 Å². The summed E-state index contributed by atoms with van der Waals surface area (Å²) in [6.45, 7) is 2.81. The van der Waals surface area contributed by atoms with E-state index in [1.165, 1.54) is 0 Å². The number of benzene rings is 1. The molecule has 5 heteroatoms. The smallest absolute Gasteiger partial charge is 0.123 e. The van der Waals surface area contributed by atoms with Gasteiger partial charge in [-0.05, 0) is 26.1 Å². The van der Waals surface area contributed by atoms with Crippen molar-refractivity contribution >= 4 is 11.0 Å². The summed E-state index contributed by atoms with van der Waals surface area (Å²) in [7, 11) is 3.99. The molecule has 0 spiro atoms. The Morgan fingerprint density at radius 2 is 2.21 bits per heavy atom. The molecule has 0 saturated heterocycles. The summed E-state index contributed by atoms with van der Waals surface area (Å²) < 4.78 is 2.14. The topological polar surface area (TPSA) is 58.5 Å². The highest BCUT2D eigenvalue weighted by molar-refractivity contribution is 5.81. The van der Waals surface area contributed by atoms with Crippen molar-refractivity contribution in [1.82, 2.24) is 24.8 Å². The van der Waals surface area contributed by atoms with Crippen LogP contribution in [0.5, 0.6) is 0 Å². The maximum Gasteiger partial charge on any atom is 0.123 e. The Hall–Kier alpha value is -2.14. The van der Waals surface area contributed by atoms with E-state index in [4.69, 9.17) is 0 Å². The number of H-pyrrole nitrogens is 1.